The summed E-state index contributed by atoms with van der Waals surface area (Å²) >= 11 is 6.93. The molecule has 0 N–H and O–H groups in total. The Morgan fingerprint density at radius 2 is 1.86 bits per heavy atom. The van der Waals surface area contributed by atoms with Gasteiger partial charge in [0.1, 0.15) is 11.6 Å². The SMILES string of the molecule is Fc1cc(Br)cc(F)c1C#CCCS. The highest BCUT2D eigenvalue weighted by atomic mass is 79.9. The fourth-order valence-corrected chi connectivity index (χ4v) is 1.38. The molecule has 0 nitrogen and oxygen atoms in total. The molecular weight excluding hydrogens is 270 g/mol. The lowest BCUT2D eigenvalue weighted by molar-refractivity contribution is 0.576. The van der Waals surface area contributed by atoms with E-state index in [4.69, 9.17) is 0 Å². The molecule has 0 aliphatic carbocycles. The summed E-state index contributed by atoms with van der Waals surface area (Å²) in [5.74, 6) is 4.35. The van der Waals surface area contributed by atoms with Crippen molar-refractivity contribution in [3.8, 4) is 11.8 Å². The molecule has 1 aromatic rings. The van der Waals surface area contributed by atoms with E-state index in [-0.39, 0.29) is 5.56 Å². The van der Waals surface area contributed by atoms with Gasteiger partial charge in [-0.05, 0) is 12.1 Å². The monoisotopic (exact) mass is 276 g/mol. The second-order valence-corrected chi connectivity index (χ2v) is 3.88. The molecule has 0 atom stereocenters. The van der Waals surface area contributed by atoms with E-state index in [2.05, 4.69) is 40.4 Å². The molecule has 0 unspecified atom stereocenters. The molecule has 0 amide bonds. The molecule has 0 radical (unpaired) electrons. The summed E-state index contributed by atoms with van der Waals surface area (Å²) < 4.78 is 26.7. The number of thiol groups is 1. The molecule has 1 rings (SSSR count). The predicted octanol–water partition coefficient (Wildman–Crippen LogP) is 3.40. The third-order valence-corrected chi connectivity index (χ3v) is 2.14. The van der Waals surface area contributed by atoms with Crippen LogP contribution in [0.4, 0.5) is 8.78 Å². The summed E-state index contributed by atoms with van der Waals surface area (Å²) in [6, 6.07) is 2.38. The van der Waals surface area contributed by atoms with Crippen molar-refractivity contribution in [2.45, 2.75) is 6.42 Å². The van der Waals surface area contributed by atoms with Crippen molar-refractivity contribution in [2.75, 3.05) is 5.75 Å². The maximum absolute atomic E-state index is 13.1. The van der Waals surface area contributed by atoms with E-state index in [0.29, 0.717) is 16.6 Å². The Labute approximate surface area is 95.2 Å². The lowest BCUT2D eigenvalue weighted by atomic mass is 10.2. The van der Waals surface area contributed by atoms with E-state index in [1.54, 1.807) is 0 Å². The van der Waals surface area contributed by atoms with E-state index in [1.807, 2.05) is 0 Å². The fraction of sp³-hybridized carbons (Fsp3) is 0.200. The highest BCUT2D eigenvalue weighted by Gasteiger charge is 2.07. The van der Waals surface area contributed by atoms with Gasteiger partial charge in [0.25, 0.3) is 0 Å². The Bertz CT molecular complexity index is 370. The first-order valence-electron chi connectivity index (χ1n) is 3.89. The summed E-state index contributed by atoms with van der Waals surface area (Å²) in [6.07, 6.45) is 0.512. The van der Waals surface area contributed by atoms with Gasteiger partial charge in [-0.1, -0.05) is 27.8 Å². The van der Waals surface area contributed by atoms with E-state index >= 15 is 0 Å². The van der Waals surface area contributed by atoms with Crippen LogP contribution in [0.25, 0.3) is 0 Å². The van der Waals surface area contributed by atoms with Gasteiger partial charge in [0, 0.05) is 16.6 Å². The molecule has 0 saturated heterocycles. The van der Waals surface area contributed by atoms with E-state index in [0.717, 1.165) is 0 Å². The van der Waals surface area contributed by atoms with Gasteiger partial charge in [0.05, 0.1) is 5.56 Å². The van der Waals surface area contributed by atoms with Gasteiger partial charge >= 0.3 is 0 Å². The third kappa shape index (κ3) is 3.00. The Kier molecular flexibility index (Phi) is 4.43. The van der Waals surface area contributed by atoms with E-state index < -0.39 is 11.6 Å². The number of benzene rings is 1. The average molecular weight is 277 g/mol. The highest BCUT2D eigenvalue weighted by Crippen LogP contribution is 2.18. The first kappa shape index (κ1) is 11.5. The molecule has 4 heteroatoms. The molecule has 0 saturated carbocycles. The molecule has 0 heterocycles. The van der Waals surface area contributed by atoms with Crippen LogP contribution in [0, 0.1) is 23.5 Å². The number of hydrogen-bond donors (Lipinski definition) is 1. The normalized spacial score (nSPS) is 9.43. The van der Waals surface area contributed by atoms with Crippen molar-refractivity contribution < 1.29 is 8.78 Å². The summed E-state index contributed by atoms with van der Waals surface area (Å²) in [7, 11) is 0. The van der Waals surface area contributed by atoms with Crippen molar-refractivity contribution in [1.29, 1.82) is 0 Å². The number of rotatable bonds is 1. The minimum Gasteiger partial charge on any atom is -0.205 e. The number of hydrogen-bond acceptors (Lipinski definition) is 1. The van der Waals surface area contributed by atoms with Gasteiger partial charge in [-0.2, -0.15) is 12.6 Å². The maximum atomic E-state index is 13.1. The van der Waals surface area contributed by atoms with Crippen LogP contribution < -0.4 is 0 Å². The first-order chi connectivity index (χ1) is 6.65. The van der Waals surface area contributed by atoms with Gasteiger partial charge in [-0.25, -0.2) is 8.78 Å². The molecule has 0 fully saturated rings. The standard InChI is InChI=1S/C10H7BrF2S/c11-7-5-9(12)8(10(13)6-7)3-1-2-4-14/h5-6,14H,2,4H2. The predicted molar refractivity (Wildman–Crippen MR) is 59.4 cm³/mol. The molecular formula is C10H7BrF2S. The molecule has 0 bridgehead atoms. The first-order valence-corrected chi connectivity index (χ1v) is 5.32. The molecule has 14 heavy (non-hydrogen) atoms. The molecule has 0 aromatic heterocycles. The van der Waals surface area contributed by atoms with Crippen molar-refractivity contribution in [3.63, 3.8) is 0 Å². The zero-order chi connectivity index (χ0) is 10.6. The Morgan fingerprint density at radius 1 is 1.29 bits per heavy atom. The van der Waals surface area contributed by atoms with E-state index in [9.17, 15) is 8.78 Å². The van der Waals surface area contributed by atoms with Gasteiger partial charge in [-0.3, -0.25) is 0 Å². The van der Waals surface area contributed by atoms with Crippen LogP contribution in [0.1, 0.15) is 12.0 Å². The summed E-state index contributed by atoms with van der Waals surface area (Å²) in [5, 5.41) is 0. The Balaban J connectivity index is 3.04. The van der Waals surface area contributed by atoms with Crippen molar-refractivity contribution in [1.82, 2.24) is 0 Å². The van der Waals surface area contributed by atoms with Crippen LogP contribution in [0.5, 0.6) is 0 Å². The minimum atomic E-state index is -0.650. The Hall–Kier alpha value is -0.530. The summed E-state index contributed by atoms with van der Waals surface area (Å²) in [5.41, 5.74) is -0.185. The van der Waals surface area contributed by atoms with Crippen LogP contribution >= 0.6 is 28.6 Å². The Morgan fingerprint density at radius 3 is 2.36 bits per heavy atom. The number of halogens is 3. The lowest BCUT2D eigenvalue weighted by Gasteiger charge is -1.97. The maximum Gasteiger partial charge on any atom is 0.142 e. The second kappa shape index (κ2) is 5.38. The quantitative estimate of drug-likeness (QED) is 0.590. The minimum absolute atomic E-state index is 0.185. The molecule has 0 aliphatic heterocycles. The van der Waals surface area contributed by atoms with Crippen molar-refractivity contribution in [2.24, 2.45) is 0 Å². The zero-order valence-electron chi connectivity index (χ0n) is 7.15. The topological polar surface area (TPSA) is 0 Å². The summed E-state index contributed by atoms with van der Waals surface area (Å²) in [4.78, 5) is 0. The molecule has 74 valence electrons. The largest absolute Gasteiger partial charge is 0.205 e. The molecule has 0 spiro atoms. The second-order valence-electron chi connectivity index (χ2n) is 2.52. The van der Waals surface area contributed by atoms with Gasteiger partial charge < -0.3 is 0 Å². The zero-order valence-corrected chi connectivity index (χ0v) is 9.63. The lowest BCUT2D eigenvalue weighted by Crippen LogP contribution is -1.90. The molecule has 1 aromatic carbocycles. The van der Waals surface area contributed by atoms with Crippen LogP contribution in [-0.4, -0.2) is 5.75 Å². The van der Waals surface area contributed by atoms with Crippen molar-refractivity contribution in [3.05, 3.63) is 33.8 Å². The van der Waals surface area contributed by atoms with Gasteiger partial charge in [-0.15, -0.1) is 0 Å². The fourth-order valence-electron chi connectivity index (χ4n) is 0.868. The smallest absolute Gasteiger partial charge is 0.142 e. The summed E-state index contributed by atoms with van der Waals surface area (Å²) in [6.45, 7) is 0. The van der Waals surface area contributed by atoms with Crippen LogP contribution in [0.15, 0.2) is 16.6 Å². The van der Waals surface area contributed by atoms with Crippen LogP contribution in [0.2, 0.25) is 0 Å². The van der Waals surface area contributed by atoms with Crippen LogP contribution in [0.3, 0.4) is 0 Å². The highest BCUT2D eigenvalue weighted by molar-refractivity contribution is 9.10. The van der Waals surface area contributed by atoms with Gasteiger partial charge in [0.15, 0.2) is 0 Å². The van der Waals surface area contributed by atoms with Crippen LogP contribution in [-0.2, 0) is 0 Å². The molecule has 0 aliphatic rings. The van der Waals surface area contributed by atoms with E-state index in [1.165, 1.54) is 12.1 Å². The average Bonchev–Trinajstić information content (AvgIpc) is 2.09. The van der Waals surface area contributed by atoms with Gasteiger partial charge in [0.2, 0.25) is 0 Å². The third-order valence-electron chi connectivity index (χ3n) is 1.46. The van der Waals surface area contributed by atoms with Crippen molar-refractivity contribution >= 4 is 28.6 Å².